The van der Waals surface area contributed by atoms with Crippen molar-refractivity contribution < 1.29 is 5.11 Å². The van der Waals surface area contributed by atoms with Gasteiger partial charge >= 0.3 is 0 Å². The third kappa shape index (κ3) is 5.00. The molecule has 0 aromatic carbocycles. The summed E-state index contributed by atoms with van der Waals surface area (Å²) in [4.78, 5) is 0. The van der Waals surface area contributed by atoms with Gasteiger partial charge in [0.1, 0.15) is 3.77 Å². The zero-order valence-corrected chi connectivity index (χ0v) is 7.30. The molecule has 3 heteroatoms. The highest BCUT2D eigenvalue weighted by Crippen LogP contribution is 1.99. The molecule has 0 unspecified atom stereocenters. The highest BCUT2D eigenvalue weighted by Gasteiger charge is 1.73. The van der Waals surface area contributed by atoms with Crippen LogP contribution in [0.3, 0.4) is 0 Å². The molecule has 1 nitrogen and oxygen atoms in total. The fourth-order valence-corrected chi connectivity index (χ4v) is 1.54. The van der Waals surface area contributed by atoms with Gasteiger partial charge in [0.15, 0.2) is 0 Å². The van der Waals surface area contributed by atoms with Gasteiger partial charge in [-0.25, -0.2) is 0 Å². The van der Waals surface area contributed by atoms with E-state index in [0.29, 0.717) is 3.77 Å². The highest BCUT2D eigenvalue weighted by molar-refractivity contribution is 14.1. The van der Waals surface area contributed by atoms with Gasteiger partial charge in [0.2, 0.25) is 0 Å². The van der Waals surface area contributed by atoms with Crippen LogP contribution in [0.25, 0.3) is 0 Å². The molecule has 36 valence electrons. The standard InChI is InChI=1S/C3H4I2O/c4-2-1-3(5)6/h1,6H,2H2/b3-1+. The number of hydrogen-bond donors (Lipinski definition) is 1. The minimum Gasteiger partial charge on any atom is -0.503 e. The van der Waals surface area contributed by atoms with E-state index in [2.05, 4.69) is 22.6 Å². The minimum absolute atomic E-state index is 0.377. The van der Waals surface area contributed by atoms with Gasteiger partial charge in [0, 0.05) is 4.43 Å². The second-order valence-electron chi connectivity index (χ2n) is 0.681. The Kier molecular flexibility index (Phi) is 4.86. The van der Waals surface area contributed by atoms with Crippen LogP contribution < -0.4 is 0 Å². The highest BCUT2D eigenvalue weighted by atomic mass is 127. The number of rotatable bonds is 1. The zero-order valence-electron chi connectivity index (χ0n) is 2.99. The van der Waals surface area contributed by atoms with Crippen LogP contribution in [0.2, 0.25) is 0 Å². The molecular weight excluding hydrogens is 306 g/mol. The van der Waals surface area contributed by atoms with Crippen molar-refractivity contribution in [1.29, 1.82) is 0 Å². The summed E-state index contributed by atoms with van der Waals surface area (Å²) in [5.74, 6) is 0. The SMILES string of the molecule is O/C(I)=C/CI. The van der Waals surface area contributed by atoms with Crippen molar-refractivity contribution in [3.05, 3.63) is 9.84 Å². The number of halogens is 2. The Morgan fingerprint density at radius 2 is 2.33 bits per heavy atom. The lowest BCUT2D eigenvalue weighted by molar-refractivity contribution is 0.465. The van der Waals surface area contributed by atoms with Gasteiger partial charge in [0.25, 0.3) is 0 Å². The molecule has 0 fully saturated rings. The minimum atomic E-state index is 0.377. The Morgan fingerprint density at radius 3 is 2.33 bits per heavy atom. The molecular formula is C3H4I2O. The molecule has 0 saturated heterocycles. The van der Waals surface area contributed by atoms with Crippen molar-refractivity contribution in [1.82, 2.24) is 0 Å². The number of alkyl halides is 1. The van der Waals surface area contributed by atoms with Crippen LogP contribution in [0.5, 0.6) is 0 Å². The first kappa shape index (κ1) is 7.00. The van der Waals surface area contributed by atoms with E-state index in [0.717, 1.165) is 4.43 Å². The quantitative estimate of drug-likeness (QED) is 0.447. The number of aliphatic hydroxyl groups excluding tert-OH is 1. The lowest BCUT2D eigenvalue weighted by atomic mass is 10.7. The second kappa shape index (κ2) is 4.17. The molecule has 0 radical (unpaired) electrons. The molecule has 1 N–H and O–H groups in total. The molecule has 0 aromatic heterocycles. The van der Waals surface area contributed by atoms with Crippen molar-refractivity contribution in [2.45, 2.75) is 0 Å². The summed E-state index contributed by atoms with van der Waals surface area (Å²) >= 11 is 4.02. The molecule has 0 aliphatic rings. The van der Waals surface area contributed by atoms with E-state index in [1.165, 1.54) is 0 Å². The molecule has 0 aromatic rings. The topological polar surface area (TPSA) is 20.2 Å². The molecule has 0 aliphatic heterocycles. The van der Waals surface area contributed by atoms with Gasteiger partial charge in [-0.3, -0.25) is 0 Å². The average Bonchev–Trinajstić information content (AvgIpc) is 1.35. The van der Waals surface area contributed by atoms with Crippen molar-refractivity contribution in [3.63, 3.8) is 0 Å². The molecule has 0 aliphatic carbocycles. The maximum atomic E-state index is 8.40. The lowest BCUT2D eigenvalue weighted by Gasteiger charge is -1.76. The Morgan fingerprint density at radius 1 is 1.83 bits per heavy atom. The Hall–Kier alpha value is 1.00. The molecule has 0 amide bonds. The summed E-state index contributed by atoms with van der Waals surface area (Å²) in [6, 6.07) is 0. The Bertz CT molecular complexity index is 55.8. The van der Waals surface area contributed by atoms with E-state index < -0.39 is 0 Å². The Labute approximate surface area is 64.1 Å². The summed E-state index contributed by atoms with van der Waals surface area (Å²) in [5.41, 5.74) is 0. The summed E-state index contributed by atoms with van der Waals surface area (Å²) in [5, 5.41) is 8.40. The first-order valence-electron chi connectivity index (χ1n) is 1.38. The number of hydrogen-bond acceptors (Lipinski definition) is 1. The summed E-state index contributed by atoms with van der Waals surface area (Å²) < 4.78 is 1.26. The number of aliphatic hydroxyl groups is 1. The molecule has 0 atom stereocenters. The average molecular weight is 310 g/mol. The second-order valence-corrected chi connectivity index (χ2v) is 2.67. The van der Waals surface area contributed by atoms with Gasteiger partial charge in [-0.2, -0.15) is 0 Å². The van der Waals surface area contributed by atoms with Crippen molar-refractivity contribution >= 4 is 45.2 Å². The molecule has 0 saturated carbocycles. The largest absolute Gasteiger partial charge is 0.503 e. The smallest absolute Gasteiger partial charge is 0.150 e. The summed E-state index contributed by atoms with van der Waals surface area (Å²) in [6.45, 7) is 0. The van der Waals surface area contributed by atoms with Gasteiger partial charge < -0.3 is 5.11 Å². The first-order chi connectivity index (χ1) is 2.77. The van der Waals surface area contributed by atoms with E-state index in [-0.39, 0.29) is 0 Å². The van der Waals surface area contributed by atoms with Crippen LogP contribution in [-0.2, 0) is 0 Å². The predicted molar refractivity (Wildman–Crippen MR) is 43.6 cm³/mol. The van der Waals surface area contributed by atoms with E-state index >= 15 is 0 Å². The molecule has 6 heavy (non-hydrogen) atoms. The first-order valence-corrected chi connectivity index (χ1v) is 3.98. The van der Waals surface area contributed by atoms with Crippen LogP contribution >= 0.6 is 45.2 Å². The van der Waals surface area contributed by atoms with Crippen LogP contribution in [0.15, 0.2) is 9.84 Å². The van der Waals surface area contributed by atoms with E-state index in [4.69, 9.17) is 5.11 Å². The fraction of sp³-hybridized carbons (Fsp3) is 0.333. The Balaban J connectivity index is 3.14. The van der Waals surface area contributed by atoms with Gasteiger partial charge in [-0.15, -0.1) is 0 Å². The van der Waals surface area contributed by atoms with Crippen molar-refractivity contribution in [2.75, 3.05) is 4.43 Å². The van der Waals surface area contributed by atoms with E-state index in [9.17, 15) is 0 Å². The van der Waals surface area contributed by atoms with Crippen LogP contribution in [-0.4, -0.2) is 9.53 Å². The maximum Gasteiger partial charge on any atom is 0.150 e. The predicted octanol–water partition coefficient (Wildman–Crippen LogP) is 2.26. The zero-order chi connectivity index (χ0) is 4.99. The van der Waals surface area contributed by atoms with Crippen molar-refractivity contribution in [3.8, 4) is 0 Å². The van der Waals surface area contributed by atoms with Gasteiger partial charge in [-0.1, -0.05) is 22.6 Å². The van der Waals surface area contributed by atoms with Crippen LogP contribution in [0.4, 0.5) is 0 Å². The van der Waals surface area contributed by atoms with Crippen LogP contribution in [0.1, 0.15) is 0 Å². The molecule has 0 bridgehead atoms. The molecule has 0 spiro atoms. The normalized spacial score (nSPS) is 12.0. The monoisotopic (exact) mass is 310 g/mol. The lowest BCUT2D eigenvalue weighted by Crippen LogP contribution is -1.62. The third-order valence-corrected chi connectivity index (χ3v) is 1.13. The third-order valence-electron chi connectivity index (χ3n) is 0.246. The van der Waals surface area contributed by atoms with Gasteiger partial charge in [-0.05, 0) is 28.7 Å². The number of allylic oxidation sites excluding steroid dienone is 1. The van der Waals surface area contributed by atoms with Crippen LogP contribution in [0, 0.1) is 0 Å². The van der Waals surface area contributed by atoms with E-state index in [1.807, 2.05) is 22.6 Å². The summed E-state index contributed by atoms with van der Waals surface area (Å²) in [6.07, 6.45) is 1.74. The maximum absolute atomic E-state index is 8.40. The van der Waals surface area contributed by atoms with Crippen molar-refractivity contribution in [2.24, 2.45) is 0 Å². The molecule has 0 rings (SSSR count). The van der Waals surface area contributed by atoms with E-state index in [1.54, 1.807) is 6.08 Å². The fourth-order valence-electron chi connectivity index (χ4n) is 0.0637. The summed E-state index contributed by atoms with van der Waals surface area (Å²) in [7, 11) is 0. The molecule has 0 heterocycles. The van der Waals surface area contributed by atoms with Gasteiger partial charge in [0.05, 0.1) is 0 Å².